The summed E-state index contributed by atoms with van der Waals surface area (Å²) < 4.78 is 5.14. The lowest BCUT2D eigenvalue weighted by atomic mass is 10.1. The molecule has 0 saturated heterocycles. The van der Waals surface area contributed by atoms with Gasteiger partial charge in [0.2, 0.25) is 0 Å². The highest BCUT2D eigenvalue weighted by Crippen LogP contribution is 2.19. The number of hydrogen-bond acceptors (Lipinski definition) is 5. The standard InChI is InChI=1S/C14H18N4O/c1-3-12-8-13(18-15)17-14(16-12)11-6-4-5-10(7-11)9-19-2/h4-8H,3,9,15H2,1-2H3,(H,16,17,18). The van der Waals surface area contributed by atoms with Crippen LogP contribution in [-0.4, -0.2) is 17.1 Å². The summed E-state index contributed by atoms with van der Waals surface area (Å²) in [5.74, 6) is 6.73. The fourth-order valence-corrected chi connectivity index (χ4v) is 1.85. The van der Waals surface area contributed by atoms with Crippen molar-refractivity contribution in [1.29, 1.82) is 0 Å². The van der Waals surface area contributed by atoms with Gasteiger partial charge in [0.15, 0.2) is 5.82 Å². The Kier molecular flexibility index (Phi) is 4.43. The van der Waals surface area contributed by atoms with Gasteiger partial charge < -0.3 is 10.2 Å². The molecule has 0 saturated carbocycles. The quantitative estimate of drug-likeness (QED) is 0.635. The van der Waals surface area contributed by atoms with Crippen molar-refractivity contribution in [3.8, 4) is 11.4 Å². The summed E-state index contributed by atoms with van der Waals surface area (Å²) in [7, 11) is 1.68. The molecule has 0 bridgehead atoms. The number of anilines is 1. The molecule has 2 aromatic rings. The number of hydrazine groups is 1. The van der Waals surface area contributed by atoms with Crippen molar-refractivity contribution in [3.05, 3.63) is 41.6 Å². The molecule has 0 aliphatic heterocycles. The van der Waals surface area contributed by atoms with Crippen LogP contribution >= 0.6 is 0 Å². The van der Waals surface area contributed by atoms with Gasteiger partial charge in [-0.15, -0.1) is 0 Å². The highest BCUT2D eigenvalue weighted by molar-refractivity contribution is 5.58. The number of aromatic nitrogens is 2. The molecule has 1 heterocycles. The predicted molar refractivity (Wildman–Crippen MR) is 75.4 cm³/mol. The number of nitrogens with two attached hydrogens (primary N) is 1. The van der Waals surface area contributed by atoms with Gasteiger partial charge >= 0.3 is 0 Å². The highest BCUT2D eigenvalue weighted by Gasteiger charge is 2.06. The monoisotopic (exact) mass is 258 g/mol. The number of hydrogen-bond donors (Lipinski definition) is 2. The zero-order valence-electron chi connectivity index (χ0n) is 11.2. The fraction of sp³-hybridized carbons (Fsp3) is 0.286. The van der Waals surface area contributed by atoms with Crippen LogP contribution in [0.4, 0.5) is 5.82 Å². The van der Waals surface area contributed by atoms with Crippen molar-refractivity contribution in [2.75, 3.05) is 12.5 Å². The van der Waals surface area contributed by atoms with Crippen LogP contribution in [0.15, 0.2) is 30.3 Å². The van der Waals surface area contributed by atoms with Crippen LogP contribution in [0.1, 0.15) is 18.2 Å². The summed E-state index contributed by atoms with van der Waals surface area (Å²) in [6, 6.07) is 9.84. The minimum Gasteiger partial charge on any atom is -0.380 e. The molecule has 0 atom stereocenters. The van der Waals surface area contributed by atoms with Crippen LogP contribution in [-0.2, 0) is 17.8 Å². The van der Waals surface area contributed by atoms with Gasteiger partial charge in [-0.3, -0.25) is 0 Å². The van der Waals surface area contributed by atoms with E-state index >= 15 is 0 Å². The zero-order valence-corrected chi connectivity index (χ0v) is 11.2. The summed E-state index contributed by atoms with van der Waals surface area (Å²) in [5.41, 5.74) is 5.58. The minimum absolute atomic E-state index is 0.573. The van der Waals surface area contributed by atoms with E-state index < -0.39 is 0 Å². The van der Waals surface area contributed by atoms with E-state index in [1.54, 1.807) is 7.11 Å². The Balaban J connectivity index is 2.42. The molecular formula is C14H18N4O. The van der Waals surface area contributed by atoms with Crippen LogP contribution in [0.5, 0.6) is 0 Å². The molecule has 1 aromatic heterocycles. The molecular weight excluding hydrogens is 240 g/mol. The topological polar surface area (TPSA) is 73.1 Å². The van der Waals surface area contributed by atoms with E-state index in [4.69, 9.17) is 10.6 Å². The average Bonchev–Trinajstić information content (AvgIpc) is 2.47. The van der Waals surface area contributed by atoms with Gasteiger partial charge in [-0.2, -0.15) is 0 Å². The molecule has 0 amide bonds. The molecule has 0 fully saturated rings. The lowest BCUT2D eigenvalue weighted by Gasteiger charge is -2.08. The Labute approximate surface area is 112 Å². The molecule has 2 rings (SSSR count). The van der Waals surface area contributed by atoms with Gasteiger partial charge in [-0.1, -0.05) is 25.1 Å². The lowest BCUT2D eigenvalue weighted by Crippen LogP contribution is -2.10. The van der Waals surface area contributed by atoms with Gasteiger partial charge in [0.05, 0.1) is 6.61 Å². The largest absolute Gasteiger partial charge is 0.380 e. The molecule has 5 heteroatoms. The number of nitrogens with one attached hydrogen (secondary N) is 1. The molecule has 0 aliphatic rings. The summed E-state index contributed by atoms with van der Waals surface area (Å²) in [5, 5.41) is 0. The van der Waals surface area contributed by atoms with E-state index in [0.29, 0.717) is 18.2 Å². The van der Waals surface area contributed by atoms with Crippen LogP contribution in [0.3, 0.4) is 0 Å². The Morgan fingerprint density at radius 2 is 2.11 bits per heavy atom. The third-order valence-corrected chi connectivity index (χ3v) is 2.79. The smallest absolute Gasteiger partial charge is 0.161 e. The molecule has 19 heavy (non-hydrogen) atoms. The van der Waals surface area contributed by atoms with E-state index in [2.05, 4.69) is 15.4 Å². The van der Waals surface area contributed by atoms with Crippen molar-refractivity contribution in [2.24, 2.45) is 5.84 Å². The normalized spacial score (nSPS) is 10.5. The van der Waals surface area contributed by atoms with E-state index in [1.807, 2.05) is 37.3 Å². The molecule has 0 aliphatic carbocycles. The second-order valence-corrected chi connectivity index (χ2v) is 4.20. The highest BCUT2D eigenvalue weighted by atomic mass is 16.5. The first-order chi connectivity index (χ1) is 9.26. The summed E-state index contributed by atoms with van der Waals surface area (Å²) in [6.45, 7) is 2.62. The van der Waals surface area contributed by atoms with Crippen LogP contribution in [0, 0.1) is 0 Å². The second kappa shape index (κ2) is 6.26. The number of nitrogens with zero attached hydrogens (tertiary/aromatic N) is 2. The molecule has 0 unspecified atom stereocenters. The van der Waals surface area contributed by atoms with E-state index in [9.17, 15) is 0 Å². The van der Waals surface area contributed by atoms with Gasteiger partial charge in [-0.05, 0) is 18.1 Å². The van der Waals surface area contributed by atoms with Crippen molar-refractivity contribution in [2.45, 2.75) is 20.0 Å². The van der Waals surface area contributed by atoms with Gasteiger partial charge in [0, 0.05) is 24.4 Å². The first-order valence-electron chi connectivity index (χ1n) is 6.19. The number of aryl methyl sites for hydroxylation is 1. The SMILES string of the molecule is CCc1cc(NN)nc(-c2cccc(COC)c2)n1. The van der Waals surface area contributed by atoms with E-state index in [1.165, 1.54) is 0 Å². The molecule has 5 nitrogen and oxygen atoms in total. The maximum atomic E-state index is 5.44. The Morgan fingerprint density at radius 1 is 1.26 bits per heavy atom. The minimum atomic E-state index is 0.573. The number of benzene rings is 1. The predicted octanol–water partition coefficient (Wildman–Crippen LogP) is 2.14. The molecule has 0 spiro atoms. The molecule has 100 valence electrons. The lowest BCUT2D eigenvalue weighted by molar-refractivity contribution is 0.185. The first kappa shape index (κ1) is 13.5. The molecule has 0 radical (unpaired) electrons. The zero-order chi connectivity index (χ0) is 13.7. The van der Waals surface area contributed by atoms with E-state index in [0.717, 1.165) is 23.2 Å². The first-order valence-corrected chi connectivity index (χ1v) is 6.19. The van der Waals surface area contributed by atoms with Crippen molar-refractivity contribution >= 4 is 5.82 Å². The van der Waals surface area contributed by atoms with Crippen LogP contribution in [0.25, 0.3) is 11.4 Å². The summed E-state index contributed by atoms with van der Waals surface area (Å²) >= 11 is 0. The maximum Gasteiger partial charge on any atom is 0.161 e. The fourth-order valence-electron chi connectivity index (χ4n) is 1.85. The Morgan fingerprint density at radius 3 is 2.79 bits per heavy atom. The van der Waals surface area contributed by atoms with Crippen molar-refractivity contribution < 1.29 is 4.74 Å². The average molecular weight is 258 g/mol. The number of ether oxygens (including phenoxy) is 1. The third kappa shape index (κ3) is 3.27. The second-order valence-electron chi connectivity index (χ2n) is 4.20. The van der Waals surface area contributed by atoms with Crippen LogP contribution in [0.2, 0.25) is 0 Å². The van der Waals surface area contributed by atoms with Gasteiger partial charge in [0.25, 0.3) is 0 Å². The van der Waals surface area contributed by atoms with Crippen LogP contribution < -0.4 is 11.3 Å². The maximum absolute atomic E-state index is 5.44. The van der Waals surface area contributed by atoms with Gasteiger partial charge in [-0.25, -0.2) is 15.8 Å². The van der Waals surface area contributed by atoms with Gasteiger partial charge in [0.1, 0.15) is 5.82 Å². The molecule has 3 N–H and O–H groups in total. The Hall–Kier alpha value is -1.98. The van der Waals surface area contributed by atoms with E-state index in [-0.39, 0.29) is 0 Å². The number of methoxy groups -OCH3 is 1. The number of nitrogen functional groups attached to an aromatic ring is 1. The van der Waals surface area contributed by atoms with Crippen molar-refractivity contribution in [3.63, 3.8) is 0 Å². The number of rotatable bonds is 5. The third-order valence-electron chi connectivity index (χ3n) is 2.79. The Bertz CT molecular complexity index is 535. The van der Waals surface area contributed by atoms with Crippen molar-refractivity contribution in [1.82, 2.24) is 9.97 Å². The summed E-state index contributed by atoms with van der Waals surface area (Å²) in [4.78, 5) is 8.91. The molecule has 1 aromatic carbocycles. The summed E-state index contributed by atoms with van der Waals surface area (Å²) in [6.07, 6.45) is 0.835.